The summed E-state index contributed by atoms with van der Waals surface area (Å²) in [6.07, 6.45) is 6.87. The molecule has 1 aliphatic rings. The largest absolute Gasteiger partial charge is 0.459 e. The SMILES string of the molecule is Cc1cc(Nc2cc(C)c(Cl)cn2)nc(-n2cnc(C3(O)CCC(OC(=O)c4ccccc4)CC3)c2)c1. The van der Waals surface area contributed by atoms with Gasteiger partial charge in [0.05, 0.1) is 16.3 Å². The first kappa shape index (κ1) is 24.9. The van der Waals surface area contributed by atoms with Crippen molar-refractivity contribution in [3.63, 3.8) is 0 Å². The van der Waals surface area contributed by atoms with Crippen LogP contribution in [0.1, 0.15) is 52.9 Å². The molecule has 3 heterocycles. The molecule has 0 spiro atoms. The summed E-state index contributed by atoms with van der Waals surface area (Å²) < 4.78 is 7.46. The van der Waals surface area contributed by atoms with Crippen molar-refractivity contribution in [2.24, 2.45) is 0 Å². The Morgan fingerprint density at radius 1 is 1.11 bits per heavy atom. The average Bonchev–Trinajstić information content (AvgIpc) is 3.40. The van der Waals surface area contributed by atoms with E-state index in [1.54, 1.807) is 29.2 Å². The number of carbonyl (C=O) groups is 1. The molecule has 1 aromatic carbocycles. The number of halogens is 1. The van der Waals surface area contributed by atoms with E-state index < -0.39 is 5.60 Å². The number of hydrogen-bond acceptors (Lipinski definition) is 7. The molecule has 9 heteroatoms. The first-order valence-electron chi connectivity index (χ1n) is 12.2. The van der Waals surface area contributed by atoms with Gasteiger partial charge in [0, 0.05) is 12.4 Å². The Labute approximate surface area is 220 Å². The van der Waals surface area contributed by atoms with Crippen molar-refractivity contribution < 1.29 is 14.6 Å². The van der Waals surface area contributed by atoms with Crippen molar-refractivity contribution in [2.75, 3.05) is 5.32 Å². The maximum atomic E-state index is 12.4. The summed E-state index contributed by atoms with van der Waals surface area (Å²) in [6, 6.07) is 14.7. The van der Waals surface area contributed by atoms with E-state index in [2.05, 4.69) is 15.3 Å². The molecule has 0 saturated heterocycles. The minimum absolute atomic E-state index is 0.229. The van der Waals surface area contributed by atoms with Gasteiger partial charge in [-0.1, -0.05) is 29.8 Å². The molecular formula is C28H28ClN5O3. The smallest absolute Gasteiger partial charge is 0.338 e. The van der Waals surface area contributed by atoms with Crippen LogP contribution in [0.5, 0.6) is 0 Å². The number of esters is 1. The highest BCUT2D eigenvalue weighted by molar-refractivity contribution is 6.31. The van der Waals surface area contributed by atoms with Gasteiger partial charge in [-0.3, -0.25) is 4.57 Å². The molecule has 1 fully saturated rings. The number of nitrogens with one attached hydrogen (secondary N) is 1. The number of aliphatic hydroxyl groups is 1. The molecule has 0 aliphatic heterocycles. The fourth-order valence-electron chi connectivity index (χ4n) is 4.51. The van der Waals surface area contributed by atoms with Crippen LogP contribution in [0.2, 0.25) is 5.02 Å². The zero-order chi connectivity index (χ0) is 26.0. The minimum atomic E-state index is -1.09. The molecule has 0 bridgehead atoms. The van der Waals surface area contributed by atoms with Gasteiger partial charge < -0.3 is 15.2 Å². The van der Waals surface area contributed by atoms with Gasteiger partial charge in [0.25, 0.3) is 0 Å². The zero-order valence-electron chi connectivity index (χ0n) is 20.7. The number of aromatic nitrogens is 4. The minimum Gasteiger partial charge on any atom is -0.459 e. The second kappa shape index (κ2) is 10.3. The third-order valence-electron chi connectivity index (χ3n) is 6.63. The van der Waals surface area contributed by atoms with E-state index in [0.717, 1.165) is 11.1 Å². The third kappa shape index (κ3) is 5.65. The van der Waals surface area contributed by atoms with Crippen molar-refractivity contribution in [1.82, 2.24) is 19.5 Å². The van der Waals surface area contributed by atoms with Crippen molar-refractivity contribution in [3.8, 4) is 5.82 Å². The number of pyridine rings is 2. The van der Waals surface area contributed by atoms with E-state index in [4.69, 9.17) is 21.3 Å². The Bertz CT molecular complexity index is 1410. The summed E-state index contributed by atoms with van der Waals surface area (Å²) in [4.78, 5) is 25.9. The number of hydrogen-bond donors (Lipinski definition) is 2. The number of anilines is 2. The Balaban J connectivity index is 1.27. The van der Waals surface area contributed by atoms with Crippen LogP contribution in [0.3, 0.4) is 0 Å². The first-order chi connectivity index (χ1) is 17.8. The lowest BCUT2D eigenvalue weighted by atomic mass is 9.81. The number of rotatable bonds is 6. The highest BCUT2D eigenvalue weighted by atomic mass is 35.5. The Kier molecular flexibility index (Phi) is 6.95. The van der Waals surface area contributed by atoms with Crippen molar-refractivity contribution in [1.29, 1.82) is 0 Å². The van der Waals surface area contributed by atoms with Crippen LogP contribution in [0.25, 0.3) is 5.82 Å². The Morgan fingerprint density at radius 3 is 2.59 bits per heavy atom. The molecule has 37 heavy (non-hydrogen) atoms. The summed E-state index contributed by atoms with van der Waals surface area (Å²) in [5.41, 5.74) is 1.95. The molecule has 3 aromatic heterocycles. The zero-order valence-corrected chi connectivity index (χ0v) is 21.4. The maximum Gasteiger partial charge on any atom is 0.338 e. The van der Waals surface area contributed by atoms with E-state index in [9.17, 15) is 9.90 Å². The van der Waals surface area contributed by atoms with Crippen LogP contribution in [-0.4, -0.2) is 36.7 Å². The van der Waals surface area contributed by atoms with Gasteiger partial charge in [-0.05, 0) is 81.0 Å². The second-order valence-electron chi connectivity index (χ2n) is 9.50. The lowest BCUT2D eigenvalue weighted by molar-refractivity contribution is -0.0485. The normalized spacial score (nSPS) is 19.4. The number of imidazole rings is 1. The quantitative estimate of drug-likeness (QED) is 0.318. The monoisotopic (exact) mass is 517 g/mol. The van der Waals surface area contributed by atoms with Crippen LogP contribution in [0.15, 0.2) is 67.3 Å². The molecule has 2 N–H and O–H groups in total. The fourth-order valence-corrected chi connectivity index (χ4v) is 4.61. The summed E-state index contributed by atoms with van der Waals surface area (Å²) in [7, 11) is 0. The molecule has 0 amide bonds. The molecule has 1 aliphatic carbocycles. The number of carbonyl (C=O) groups excluding carboxylic acids is 1. The standard InChI is InChI=1S/C28H28ClN5O3/c1-18-12-25(32-24-14-19(2)22(29)15-30-24)33-26(13-18)34-16-23(31-17-34)28(36)10-8-21(9-11-28)37-27(35)20-6-4-3-5-7-20/h3-7,12-17,21,36H,8-11H2,1-2H3,(H,30,32,33). The first-order valence-corrected chi connectivity index (χ1v) is 12.6. The van der Waals surface area contributed by atoms with Gasteiger partial charge in [-0.2, -0.15) is 0 Å². The van der Waals surface area contributed by atoms with Crippen LogP contribution in [-0.2, 0) is 10.3 Å². The second-order valence-corrected chi connectivity index (χ2v) is 9.91. The van der Waals surface area contributed by atoms with Gasteiger partial charge in [0.2, 0.25) is 0 Å². The van der Waals surface area contributed by atoms with Crippen molar-refractivity contribution >= 4 is 29.2 Å². The Morgan fingerprint density at radius 2 is 1.86 bits per heavy atom. The number of nitrogens with zero attached hydrogens (tertiary/aromatic N) is 4. The molecule has 4 aromatic rings. The van der Waals surface area contributed by atoms with E-state index >= 15 is 0 Å². The van der Waals surface area contributed by atoms with Crippen LogP contribution < -0.4 is 5.32 Å². The Hall–Kier alpha value is -3.75. The molecule has 190 valence electrons. The highest BCUT2D eigenvalue weighted by Crippen LogP contribution is 2.37. The molecule has 5 rings (SSSR count). The lowest BCUT2D eigenvalue weighted by Crippen LogP contribution is -2.35. The van der Waals surface area contributed by atoms with E-state index in [1.807, 2.05) is 56.4 Å². The van der Waals surface area contributed by atoms with Crippen LogP contribution in [0, 0.1) is 13.8 Å². The molecule has 1 saturated carbocycles. The number of benzene rings is 1. The summed E-state index contributed by atoms with van der Waals surface area (Å²) in [5.74, 6) is 1.62. The number of ether oxygens (including phenoxy) is 1. The number of aryl methyl sites for hydroxylation is 2. The van der Waals surface area contributed by atoms with Gasteiger partial charge in [0.15, 0.2) is 0 Å². The van der Waals surface area contributed by atoms with Gasteiger partial charge in [0.1, 0.15) is 35.5 Å². The molecule has 8 nitrogen and oxygen atoms in total. The average molecular weight is 518 g/mol. The van der Waals surface area contributed by atoms with Crippen molar-refractivity contribution in [2.45, 2.75) is 51.2 Å². The summed E-state index contributed by atoms with van der Waals surface area (Å²) >= 11 is 6.09. The molecular weight excluding hydrogens is 490 g/mol. The van der Waals surface area contributed by atoms with Gasteiger partial charge >= 0.3 is 5.97 Å². The van der Waals surface area contributed by atoms with Gasteiger partial charge in [-0.15, -0.1) is 0 Å². The molecule has 0 atom stereocenters. The molecule has 0 unspecified atom stereocenters. The van der Waals surface area contributed by atoms with E-state index in [0.29, 0.717) is 59.4 Å². The predicted octanol–water partition coefficient (Wildman–Crippen LogP) is 5.66. The topological polar surface area (TPSA) is 102 Å². The third-order valence-corrected chi connectivity index (χ3v) is 7.02. The fraction of sp³-hybridized carbons (Fsp3) is 0.286. The summed E-state index contributed by atoms with van der Waals surface area (Å²) in [6.45, 7) is 3.91. The molecule has 0 radical (unpaired) electrons. The van der Waals surface area contributed by atoms with Crippen molar-refractivity contribution in [3.05, 3.63) is 94.7 Å². The van der Waals surface area contributed by atoms with Gasteiger partial charge in [-0.25, -0.2) is 19.7 Å². The highest BCUT2D eigenvalue weighted by Gasteiger charge is 2.38. The predicted molar refractivity (Wildman–Crippen MR) is 141 cm³/mol. The van der Waals surface area contributed by atoms with E-state index in [-0.39, 0.29) is 12.1 Å². The van der Waals surface area contributed by atoms with Crippen LogP contribution in [0.4, 0.5) is 11.6 Å². The summed E-state index contributed by atoms with van der Waals surface area (Å²) in [5, 5.41) is 15.2. The lowest BCUT2D eigenvalue weighted by Gasteiger charge is -2.34. The van der Waals surface area contributed by atoms with Crippen LogP contribution >= 0.6 is 11.6 Å². The van der Waals surface area contributed by atoms with E-state index in [1.165, 1.54) is 0 Å². The maximum absolute atomic E-state index is 12.4.